The summed E-state index contributed by atoms with van der Waals surface area (Å²) >= 11 is 1.26. The first kappa shape index (κ1) is 19.1. The van der Waals surface area contributed by atoms with Gasteiger partial charge in [0.1, 0.15) is 5.82 Å². The van der Waals surface area contributed by atoms with E-state index >= 15 is 0 Å². The van der Waals surface area contributed by atoms with E-state index in [9.17, 15) is 9.59 Å². The molecular formula is C20H22N4O2S. The molecule has 0 N–H and O–H groups in total. The Morgan fingerprint density at radius 2 is 1.93 bits per heavy atom. The molecule has 7 heteroatoms. The van der Waals surface area contributed by atoms with Gasteiger partial charge in [0.05, 0.1) is 16.7 Å². The van der Waals surface area contributed by atoms with Gasteiger partial charge in [0, 0.05) is 19.3 Å². The number of thioether (sulfide) groups is 1. The van der Waals surface area contributed by atoms with E-state index in [1.807, 2.05) is 45.0 Å². The molecule has 0 aliphatic heterocycles. The van der Waals surface area contributed by atoms with Crippen LogP contribution in [-0.2, 0) is 4.79 Å². The molecule has 2 aromatic heterocycles. The zero-order chi connectivity index (χ0) is 19.4. The molecule has 0 bridgehead atoms. The van der Waals surface area contributed by atoms with Crippen molar-refractivity contribution in [2.24, 2.45) is 0 Å². The molecule has 0 fully saturated rings. The molecule has 0 saturated heterocycles. The number of benzene rings is 1. The van der Waals surface area contributed by atoms with E-state index in [1.165, 1.54) is 16.3 Å². The predicted molar refractivity (Wildman–Crippen MR) is 109 cm³/mol. The van der Waals surface area contributed by atoms with Gasteiger partial charge in [0.25, 0.3) is 5.56 Å². The molecule has 2 heterocycles. The average Bonchev–Trinajstić information content (AvgIpc) is 2.67. The highest BCUT2D eigenvalue weighted by Crippen LogP contribution is 2.21. The number of fused-ring (bicyclic) bond motifs is 1. The van der Waals surface area contributed by atoms with Crippen molar-refractivity contribution in [1.29, 1.82) is 0 Å². The van der Waals surface area contributed by atoms with Crippen LogP contribution in [0.5, 0.6) is 0 Å². The summed E-state index contributed by atoms with van der Waals surface area (Å²) in [5, 5.41) is 0.998. The molecule has 1 amide bonds. The second kappa shape index (κ2) is 8.35. The van der Waals surface area contributed by atoms with Gasteiger partial charge in [-0.05, 0) is 50.6 Å². The molecule has 0 saturated carbocycles. The molecule has 3 rings (SSSR count). The number of carbonyl (C=O) groups is 1. The molecule has 3 aromatic rings. The number of nitrogens with zero attached hydrogens (tertiary/aromatic N) is 4. The lowest BCUT2D eigenvalue weighted by atomic mass is 10.2. The lowest BCUT2D eigenvalue weighted by Gasteiger charge is -2.18. The van der Waals surface area contributed by atoms with E-state index in [2.05, 4.69) is 9.97 Å². The highest BCUT2D eigenvalue weighted by Gasteiger charge is 2.17. The summed E-state index contributed by atoms with van der Waals surface area (Å²) in [5.74, 6) is 0.755. The minimum Gasteiger partial charge on any atom is -0.343 e. The summed E-state index contributed by atoms with van der Waals surface area (Å²) in [5.41, 5.74) is 1.43. The lowest BCUT2D eigenvalue weighted by molar-refractivity contribution is -0.127. The molecule has 0 aliphatic rings. The molecule has 0 unspecified atom stereocenters. The Morgan fingerprint density at radius 3 is 2.63 bits per heavy atom. The smallest absolute Gasteiger partial charge is 0.267 e. The maximum Gasteiger partial charge on any atom is 0.267 e. The van der Waals surface area contributed by atoms with E-state index < -0.39 is 0 Å². The van der Waals surface area contributed by atoms with Gasteiger partial charge in [-0.2, -0.15) is 0 Å². The van der Waals surface area contributed by atoms with Crippen LogP contribution in [0.2, 0.25) is 0 Å². The minimum atomic E-state index is -0.184. The molecule has 27 heavy (non-hydrogen) atoms. The van der Waals surface area contributed by atoms with Crippen LogP contribution in [0.4, 0.5) is 0 Å². The maximum absolute atomic E-state index is 13.1. The van der Waals surface area contributed by atoms with Crippen LogP contribution in [-0.4, -0.2) is 44.2 Å². The minimum absolute atomic E-state index is 0.0242. The Balaban J connectivity index is 2.09. The molecule has 6 nitrogen and oxygen atoms in total. The quantitative estimate of drug-likeness (QED) is 0.484. The van der Waals surface area contributed by atoms with Gasteiger partial charge in [-0.25, -0.2) is 14.5 Å². The van der Waals surface area contributed by atoms with Crippen molar-refractivity contribution in [1.82, 2.24) is 19.4 Å². The molecule has 140 valence electrons. The number of rotatable bonds is 6. The zero-order valence-electron chi connectivity index (χ0n) is 15.7. The highest BCUT2D eigenvalue weighted by molar-refractivity contribution is 7.99. The van der Waals surface area contributed by atoms with Crippen LogP contribution in [0, 0.1) is 6.92 Å². The molecule has 0 aliphatic carbocycles. The molecule has 0 radical (unpaired) electrons. The van der Waals surface area contributed by atoms with E-state index in [-0.39, 0.29) is 17.2 Å². The van der Waals surface area contributed by atoms with Crippen molar-refractivity contribution in [2.75, 3.05) is 18.8 Å². The standard InChI is InChI=1S/C20H22N4O2S/c1-4-23(5-2)18(25)13-27-20-22-16-9-7-6-8-15(16)19(26)24(20)17-12-14(3)10-11-21-17/h6-12H,4-5,13H2,1-3H3. The van der Waals surface area contributed by atoms with Crippen molar-refractivity contribution in [3.8, 4) is 5.82 Å². The summed E-state index contributed by atoms with van der Waals surface area (Å²) in [4.78, 5) is 36.3. The first-order valence-electron chi connectivity index (χ1n) is 8.90. The number of aromatic nitrogens is 3. The van der Waals surface area contributed by atoms with Crippen molar-refractivity contribution >= 4 is 28.6 Å². The third kappa shape index (κ3) is 4.03. The van der Waals surface area contributed by atoms with Crippen molar-refractivity contribution in [3.63, 3.8) is 0 Å². The summed E-state index contributed by atoms with van der Waals surface area (Å²) in [6, 6.07) is 10.9. The third-order valence-electron chi connectivity index (χ3n) is 4.32. The number of para-hydroxylation sites is 1. The highest BCUT2D eigenvalue weighted by atomic mass is 32.2. The Labute approximate surface area is 162 Å². The van der Waals surface area contributed by atoms with Gasteiger partial charge in [-0.15, -0.1) is 0 Å². The first-order valence-corrected chi connectivity index (χ1v) is 9.89. The van der Waals surface area contributed by atoms with E-state index in [0.29, 0.717) is 35.0 Å². The monoisotopic (exact) mass is 382 g/mol. The molecule has 1 aromatic carbocycles. The van der Waals surface area contributed by atoms with Crippen molar-refractivity contribution in [2.45, 2.75) is 25.9 Å². The lowest BCUT2D eigenvalue weighted by Crippen LogP contribution is -2.32. The van der Waals surface area contributed by atoms with Gasteiger partial charge in [-0.3, -0.25) is 9.59 Å². The normalized spacial score (nSPS) is 10.9. The SMILES string of the molecule is CCN(CC)C(=O)CSc1nc2ccccc2c(=O)n1-c1cc(C)ccn1. The Bertz CT molecular complexity index is 1030. The average molecular weight is 382 g/mol. The molecular weight excluding hydrogens is 360 g/mol. The fourth-order valence-electron chi connectivity index (χ4n) is 2.85. The second-order valence-electron chi connectivity index (χ2n) is 6.10. The maximum atomic E-state index is 13.1. The zero-order valence-corrected chi connectivity index (χ0v) is 16.5. The van der Waals surface area contributed by atoms with Crippen LogP contribution in [0.25, 0.3) is 16.7 Å². The summed E-state index contributed by atoms with van der Waals surface area (Å²) in [7, 11) is 0. The van der Waals surface area contributed by atoms with Gasteiger partial charge >= 0.3 is 0 Å². The van der Waals surface area contributed by atoms with Crippen LogP contribution in [0.1, 0.15) is 19.4 Å². The molecule has 0 atom stereocenters. The fraction of sp³-hybridized carbons (Fsp3) is 0.300. The number of amides is 1. The Morgan fingerprint density at radius 1 is 1.19 bits per heavy atom. The van der Waals surface area contributed by atoms with Gasteiger partial charge in [-0.1, -0.05) is 23.9 Å². The van der Waals surface area contributed by atoms with Crippen LogP contribution in [0.3, 0.4) is 0 Å². The van der Waals surface area contributed by atoms with Crippen LogP contribution >= 0.6 is 11.8 Å². The predicted octanol–water partition coefficient (Wildman–Crippen LogP) is 3.05. The number of hydrogen-bond donors (Lipinski definition) is 0. The van der Waals surface area contributed by atoms with Crippen molar-refractivity contribution in [3.05, 3.63) is 58.5 Å². The summed E-state index contributed by atoms with van der Waals surface area (Å²) in [6.07, 6.45) is 1.67. The third-order valence-corrected chi connectivity index (χ3v) is 5.24. The summed E-state index contributed by atoms with van der Waals surface area (Å²) < 4.78 is 1.50. The first-order chi connectivity index (χ1) is 13.0. The second-order valence-corrected chi connectivity index (χ2v) is 7.04. The topological polar surface area (TPSA) is 68.1 Å². The largest absolute Gasteiger partial charge is 0.343 e. The van der Waals surface area contributed by atoms with E-state index in [0.717, 1.165) is 5.56 Å². The number of carbonyl (C=O) groups excluding carboxylic acids is 1. The fourth-order valence-corrected chi connectivity index (χ4v) is 3.75. The van der Waals surface area contributed by atoms with Crippen LogP contribution in [0.15, 0.2) is 52.5 Å². The van der Waals surface area contributed by atoms with Crippen molar-refractivity contribution < 1.29 is 4.79 Å². The van der Waals surface area contributed by atoms with Gasteiger partial charge in [0.2, 0.25) is 5.91 Å². The van der Waals surface area contributed by atoms with Gasteiger partial charge < -0.3 is 4.90 Å². The molecule has 0 spiro atoms. The number of hydrogen-bond acceptors (Lipinski definition) is 5. The van der Waals surface area contributed by atoms with Gasteiger partial charge in [0.15, 0.2) is 5.16 Å². The Hall–Kier alpha value is -2.67. The van der Waals surface area contributed by atoms with E-state index in [1.54, 1.807) is 23.2 Å². The number of aryl methyl sites for hydroxylation is 1. The summed E-state index contributed by atoms with van der Waals surface area (Å²) in [6.45, 7) is 7.17. The van der Waals surface area contributed by atoms with Crippen LogP contribution < -0.4 is 5.56 Å². The number of pyridine rings is 1. The van der Waals surface area contributed by atoms with E-state index in [4.69, 9.17) is 0 Å². The Kier molecular flexibility index (Phi) is 5.91.